The number of nitrogens with zero attached hydrogens (tertiary/aromatic N) is 1. The van der Waals surface area contributed by atoms with E-state index in [1.54, 1.807) is 24.3 Å². The van der Waals surface area contributed by atoms with Crippen LogP contribution in [0.2, 0.25) is 0 Å². The minimum atomic E-state index is -3.41. The molecule has 0 aliphatic carbocycles. The number of hydrogen-bond donors (Lipinski definition) is 1. The van der Waals surface area contributed by atoms with Crippen molar-refractivity contribution in [2.24, 2.45) is 0 Å². The molecule has 0 amide bonds. The third kappa shape index (κ3) is 3.46. The zero-order valence-corrected chi connectivity index (χ0v) is 11.9. The molecule has 106 valence electrons. The van der Waals surface area contributed by atoms with Gasteiger partial charge < -0.3 is 10.1 Å². The van der Waals surface area contributed by atoms with Crippen LogP contribution < -0.4 is 10.1 Å². The van der Waals surface area contributed by atoms with Crippen molar-refractivity contribution < 1.29 is 13.2 Å². The molecule has 1 aromatic carbocycles. The maximum Gasteiger partial charge on any atom is 0.243 e. The zero-order chi connectivity index (χ0) is 13.7. The molecule has 1 heterocycles. The molecule has 6 heteroatoms. The molecule has 1 saturated heterocycles. The minimum absolute atomic E-state index is 0.306. The predicted molar refractivity (Wildman–Crippen MR) is 73.9 cm³/mol. The average molecular weight is 284 g/mol. The summed E-state index contributed by atoms with van der Waals surface area (Å²) < 4.78 is 32.0. The van der Waals surface area contributed by atoms with Crippen LogP contribution in [0.5, 0.6) is 5.75 Å². The second kappa shape index (κ2) is 6.36. The minimum Gasteiger partial charge on any atom is -0.494 e. The van der Waals surface area contributed by atoms with Crippen molar-refractivity contribution in [3.63, 3.8) is 0 Å². The summed E-state index contributed by atoms with van der Waals surface area (Å²) in [6, 6.07) is 6.70. The zero-order valence-electron chi connectivity index (χ0n) is 11.1. The van der Waals surface area contributed by atoms with E-state index in [-0.39, 0.29) is 0 Å². The van der Waals surface area contributed by atoms with E-state index in [0.717, 1.165) is 13.0 Å². The molecule has 1 fully saturated rings. The molecule has 1 N–H and O–H groups in total. The average Bonchev–Trinajstić information content (AvgIpc) is 2.69. The lowest BCUT2D eigenvalue weighted by atomic mass is 10.3. The van der Waals surface area contributed by atoms with E-state index in [1.807, 2.05) is 6.92 Å². The Morgan fingerprint density at radius 1 is 1.32 bits per heavy atom. The maximum absolute atomic E-state index is 12.5. The van der Waals surface area contributed by atoms with Crippen molar-refractivity contribution in [1.82, 2.24) is 9.62 Å². The van der Waals surface area contributed by atoms with E-state index in [9.17, 15) is 8.42 Å². The van der Waals surface area contributed by atoms with Gasteiger partial charge >= 0.3 is 0 Å². The smallest absolute Gasteiger partial charge is 0.243 e. The van der Waals surface area contributed by atoms with E-state index in [4.69, 9.17) is 4.74 Å². The molecular formula is C13H20N2O3S. The SMILES string of the molecule is CCOc1cccc(S(=O)(=O)N2CCCNCC2)c1. The highest BCUT2D eigenvalue weighted by atomic mass is 32.2. The molecule has 0 radical (unpaired) electrons. The summed E-state index contributed by atoms with van der Waals surface area (Å²) in [5.41, 5.74) is 0. The van der Waals surface area contributed by atoms with Crippen molar-refractivity contribution in [3.05, 3.63) is 24.3 Å². The first-order chi connectivity index (χ1) is 9.14. The lowest BCUT2D eigenvalue weighted by Crippen LogP contribution is -2.34. The highest BCUT2D eigenvalue weighted by Gasteiger charge is 2.25. The molecule has 1 aromatic rings. The molecule has 0 unspecified atom stereocenters. The van der Waals surface area contributed by atoms with Crippen LogP contribution in [-0.4, -0.2) is 45.5 Å². The molecule has 1 aliphatic heterocycles. The number of nitrogens with one attached hydrogen (secondary N) is 1. The van der Waals surface area contributed by atoms with E-state index in [1.165, 1.54) is 4.31 Å². The second-order valence-electron chi connectivity index (χ2n) is 4.42. The summed E-state index contributed by atoms with van der Waals surface area (Å²) in [6.45, 7) is 5.05. The normalized spacial score (nSPS) is 17.9. The van der Waals surface area contributed by atoms with Gasteiger partial charge in [0.25, 0.3) is 0 Å². The van der Waals surface area contributed by atoms with Gasteiger partial charge in [0.1, 0.15) is 5.75 Å². The molecule has 0 aromatic heterocycles. The van der Waals surface area contributed by atoms with Crippen LogP contribution in [0.15, 0.2) is 29.2 Å². The van der Waals surface area contributed by atoms with E-state index < -0.39 is 10.0 Å². The molecular weight excluding hydrogens is 264 g/mol. The van der Waals surface area contributed by atoms with Gasteiger partial charge in [0.2, 0.25) is 10.0 Å². The number of rotatable bonds is 4. The Hall–Kier alpha value is -1.11. The molecule has 0 spiro atoms. The fraction of sp³-hybridized carbons (Fsp3) is 0.538. The summed E-state index contributed by atoms with van der Waals surface area (Å²) >= 11 is 0. The van der Waals surface area contributed by atoms with Crippen LogP contribution in [0.4, 0.5) is 0 Å². The van der Waals surface area contributed by atoms with Crippen LogP contribution >= 0.6 is 0 Å². The Bertz CT molecular complexity index is 508. The Kier molecular flexibility index (Phi) is 4.79. The summed E-state index contributed by atoms with van der Waals surface area (Å²) in [5.74, 6) is 0.594. The van der Waals surface area contributed by atoms with Gasteiger partial charge in [-0.05, 0) is 32.0 Å². The molecule has 19 heavy (non-hydrogen) atoms. The lowest BCUT2D eigenvalue weighted by Gasteiger charge is -2.19. The van der Waals surface area contributed by atoms with E-state index >= 15 is 0 Å². The lowest BCUT2D eigenvalue weighted by molar-refractivity contribution is 0.339. The molecule has 5 nitrogen and oxygen atoms in total. The monoisotopic (exact) mass is 284 g/mol. The summed E-state index contributed by atoms with van der Waals surface area (Å²) in [4.78, 5) is 0.306. The van der Waals surface area contributed by atoms with Crippen LogP contribution in [0.25, 0.3) is 0 Å². The Labute approximate surface area is 114 Å². The Morgan fingerprint density at radius 2 is 2.16 bits per heavy atom. The van der Waals surface area contributed by atoms with Crippen molar-refractivity contribution in [3.8, 4) is 5.75 Å². The topological polar surface area (TPSA) is 58.6 Å². The largest absolute Gasteiger partial charge is 0.494 e. The third-order valence-electron chi connectivity index (χ3n) is 3.05. The van der Waals surface area contributed by atoms with Crippen LogP contribution in [0.3, 0.4) is 0 Å². The Morgan fingerprint density at radius 3 is 2.95 bits per heavy atom. The highest BCUT2D eigenvalue weighted by Crippen LogP contribution is 2.21. The number of ether oxygens (including phenoxy) is 1. The van der Waals surface area contributed by atoms with Gasteiger partial charge in [0.05, 0.1) is 11.5 Å². The van der Waals surface area contributed by atoms with E-state index in [0.29, 0.717) is 36.9 Å². The number of sulfonamides is 1. The summed E-state index contributed by atoms with van der Waals surface area (Å²) in [5, 5.41) is 3.20. The van der Waals surface area contributed by atoms with Crippen molar-refractivity contribution >= 4 is 10.0 Å². The van der Waals surface area contributed by atoms with Crippen molar-refractivity contribution in [1.29, 1.82) is 0 Å². The van der Waals surface area contributed by atoms with Gasteiger partial charge in [-0.3, -0.25) is 0 Å². The van der Waals surface area contributed by atoms with Gasteiger partial charge in [-0.1, -0.05) is 6.07 Å². The van der Waals surface area contributed by atoms with Gasteiger partial charge in [0, 0.05) is 25.7 Å². The first-order valence-corrected chi connectivity index (χ1v) is 8.02. The first kappa shape index (κ1) is 14.3. The molecule has 2 rings (SSSR count). The standard InChI is InChI=1S/C13H20N2O3S/c1-2-18-12-5-3-6-13(11-12)19(16,17)15-9-4-7-14-8-10-15/h3,5-6,11,14H,2,4,7-10H2,1H3. The van der Waals surface area contributed by atoms with Crippen molar-refractivity contribution in [2.75, 3.05) is 32.8 Å². The predicted octanol–water partition coefficient (Wildman–Crippen LogP) is 1.07. The van der Waals surface area contributed by atoms with Crippen LogP contribution in [0.1, 0.15) is 13.3 Å². The van der Waals surface area contributed by atoms with Gasteiger partial charge in [-0.2, -0.15) is 4.31 Å². The van der Waals surface area contributed by atoms with Gasteiger partial charge in [0.15, 0.2) is 0 Å². The van der Waals surface area contributed by atoms with Crippen LogP contribution in [-0.2, 0) is 10.0 Å². The fourth-order valence-corrected chi connectivity index (χ4v) is 3.62. The van der Waals surface area contributed by atoms with Crippen molar-refractivity contribution in [2.45, 2.75) is 18.2 Å². The molecule has 0 bridgehead atoms. The summed E-state index contributed by atoms with van der Waals surface area (Å²) in [7, 11) is -3.41. The maximum atomic E-state index is 12.5. The molecule has 0 saturated carbocycles. The van der Waals surface area contributed by atoms with E-state index in [2.05, 4.69) is 5.32 Å². The second-order valence-corrected chi connectivity index (χ2v) is 6.35. The highest BCUT2D eigenvalue weighted by molar-refractivity contribution is 7.89. The molecule has 1 aliphatic rings. The van der Waals surface area contributed by atoms with Gasteiger partial charge in [-0.25, -0.2) is 8.42 Å². The third-order valence-corrected chi connectivity index (χ3v) is 4.95. The molecule has 0 atom stereocenters. The number of benzene rings is 1. The Balaban J connectivity index is 2.24. The first-order valence-electron chi connectivity index (χ1n) is 6.58. The van der Waals surface area contributed by atoms with Gasteiger partial charge in [-0.15, -0.1) is 0 Å². The quantitative estimate of drug-likeness (QED) is 0.898. The number of hydrogen-bond acceptors (Lipinski definition) is 4. The summed E-state index contributed by atoms with van der Waals surface area (Å²) in [6.07, 6.45) is 0.838. The fourth-order valence-electron chi connectivity index (χ4n) is 2.10. The van der Waals surface area contributed by atoms with Crippen LogP contribution in [0, 0.1) is 0 Å².